The van der Waals surface area contributed by atoms with Crippen LogP contribution in [0.15, 0.2) is 69.3 Å². The van der Waals surface area contributed by atoms with E-state index in [0.29, 0.717) is 10.3 Å². The summed E-state index contributed by atoms with van der Waals surface area (Å²) in [5.74, 6) is 0. The Morgan fingerprint density at radius 1 is 0.950 bits per heavy atom. The van der Waals surface area contributed by atoms with Gasteiger partial charge in [-0.3, -0.25) is 4.79 Å². The molecule has 0 radical (unpaired) electrons. The predicted octanol–water partition coefficient (Wildman–Crippen LogP) is 3.00. The number of rotatable bonds is 2. The summed E-state index contributed by atoms with van der Waals surface area (Å²) >= 11 is 0. The topological polar surface area (TPSA) is 49.9 Å². The van der Waals surface area contributed by atoms with Gasteiger partial charge in [-0.2, -0.15) is 0 Å². The molecule has 0 saturated heterocycles. The standard InChI is InChI=1S/C16H13NO2S/c1-11-2-4-13(5-3-11)20(19)14-6-7-15-12(10-14)8-9-17-16(15)18/h2-10H,1H3,(H,17,18). The second-order valence-corrected chi connectivity index (χ2v) is 6.12. The molecule has 2 aromatic carbocycles. The van der Waals surface area contributed by atoms with Crippen LogP contribution in [0.4, 0.5) is 0 Å². The Hall–Kier alpha value is -2.20. The Balaban J connectivity index is 2.08. The first-order chi connectivity index (χ1) is 9.65. The number of H-pyrrole nitrogens is 1. The van der Waals surface area contributed by atoms with Crippen LogP contribution in [0.2, 0.25) is 0 Å². The molecule has 0 amide bonds. The van der Waals surface area contributed by atoms with E-state index in [1.54, 1.807) is 24.4 Å². The van der Waals surface area contributed by atoms with Gasteiger partial charge in [0, 0.05) is 21.4 Å². The van der Waals surface area contributed by atoms with Crippen molar-refractivity contribution in [1.82, 2.24) is 4.98 Å². The lowest BCUT2D eigenvalue weighted by Crippen LogP contribution is -2.04. The first-order valence-electron chi connectivity index (χ1n) is 6.25. The second-order valence-electron chi connectivity index (χ2n) is 4.64. The summed E-state index contributed by atoms with van der Waals surface area (Å²) in [6.07, 6.45) is 1.60. The molecule has 1 atom stereocenters. The Morgan fingerprint density at radius 2 is 1.65 bits per heavy atom. The molecule has 0 aliphatic rings. The lowest BCUT2D eigenvalue weighted by Gasteiger charge is -2.04. The fourth-order valence-corrected chi connectivity index (χ4v) is 3.16. The molecule has 0 aliphatic heterocycles. The molecule has 0 spiro atoms. The third-order valence-electron chi connectivity index (χ3n) is 3.19. The summed E-state index contributed by atoms with van der Waals surface area (Å²) < 4.78 is 12.5. The first kappa shape index (κ1) is 12.8. The Morgan fingerprint density at radius 3 is 2.40 bits per heavy atom. The SMILES string of the molecule is Cc1ccc(S(=O)c2ccc3c(=O)[nH]ccc3c2)cc1. The maximum Gasteiger partial charge on any atom is 0.255 e. The van der Waals surface area contributed by atoms with Crippen LogP contribution in [-0.2, 0) is 10.8 Å². The highest BCUT2D eigenvalue weighted by Crippen LogP contribution is 2.20. The number of fused-ring (bicyclic) bond motifs is 1. The molecule has 0 fully saturated rings. The summed E-state index contributed by atoms with van der Waals surface area (Å²) in [4.78, 5) is 15.7. The van der Waals surface area contributed by atoms with Gasteiger partial charge in [0.1, 0.15) is 0 Å². The summed E-state index contributed by atoms with van der Waals surface area (Å²) in [6, 6.07) is 14.7. The molecule has 0 bridgehead atoms. The maximum atomic E-state index is 12.5. The first-order valence-corrected chi connectivity index (χ1v) is 7.40. The van der Waals surface area contributed by atoms with Crippen LogP contribution in [0.1, 0.15) is 5.56 Å². The molecule has 100 valence electrons. The van der Waals surface area contributed by atoms with Crippen molar-refractivity contribution in [3.63, 3.8) is 0 Å². The van der Waals surface area contributed by atoms with Gasteiger partial charge in [-0.25, -0.2) is 4.21 Å². The van der Waals surface area contributed by atoms with Crippen molar-refractivity contribution in [3.8, 4) is 0 Å². The molecule has 1 unspecified atom stereocenters. The fourth-order valence-electron chi connectivity index (χ4n) is 2.08. The number of nitrogens with one attached hydrogen (secondary N) is 1. The lowest BCUT2D eigenvalue weighted by atomic mass is 10.2. The molecule has 0 aliphatic carbocycles. The van der Waals surface area contributed by atoms with Gasteiger partial charge in [-0.1, -0.05) is 17.7 Å². The summed E-state index contributed by atoms with van der Waals surface area (Å²) in [5.41, 5.74) is 1.01. The van der Waals surface area contributed by atoms with Crippen LogP contribution in [0.3, 0.4) is 0 Å². The lowest BCUT2D eigenvalue weighted by molar-refractivity contribution is 0.683. The van der Waals surface area contributed by atoms with E-state index in [2.05, 4.69) is 4.98 Å². The second kappa shape index (κ2) is 5.06. The molecule has 4 heteroatoms. The average Bonchev–Trinajstić information content (AvgIpc) is 2.47. The number of hydrogen-bond acceptors (Lipinski definition) is 2. The van der Waals surface area contributed by atoms with E-state index in [9.17, 15) is 9.00 Å². The maximum absolute atomic E-state index is 12.5. The molecule has 1 aromatic heterocycles. The number of aromatic amines is 1. The van der Waals surface area contributed by atoms with Gasteiger partial charge in [-0.15, -0.1) is 0 Å². The van der Waals surface area contributed by atoms with Crippen LogP contribution in [0, 0.1) is 6.92 Å². The summed E-state index contributed by atoms with van der Waals surface area (Å²) in [6.45, 7) is 2.00. The monoisotopic (exact) mass is 283 g/mol. The third-order valence-corrected chi connectivity index (χ3v) is 4.58. The average molecular weight is 283 g/mol. The van der Waals surface area contributed by atoms with Crippen molar-refractivity contribution < 1.29 is 4.21 Å². The minimum absolute atomic E-state index is 0.129. The smallest absolute Gasteiger partial charge is 0.255 e. The van der Waals surface area contributed by atoms with Crippen molar-refractivity contribution >= 4 is 21.6 Å². The van der Waals surface area contributed by atoms with Gasteiger partial charge < -0.3 is 4.98 Å². The number of benzene rings is 2. The zero-order valence-corrected chi connectivity index (χ0v) is 11.7. The fraction of sp³-hybridized carbons (Fsp3) is 0.0625. The van der Waals surface area contributed by atoms with Crippen molar-refractivity contribution in [2.45, 2.75) is 16.7 Å². The molecular formula is C16H13NO2S. The van der Waals surface area contributed by atoms with Crippen LogP contribution in [0.5, 0.6) is 0 Å². The van der Waals surface area contributed by atoms with Gasteiger partial charge in [0.25, 0.3) is 5.56 Å². The molecule has 20 heavy (non-hydrogen) atoms. The van der Waals surface area contributed by atoms with Crippen molar-refractivity contribution in [2.75, 3.05) is 0 Å². The van der Waals surface area contributed by atoms with E-state index in [-0.39, 0.29) is 5.56 Å². The highest BCUT2D eigenvalue weighted by Gasteiger charge is 2.08. The van der Waals surface area contributed by atoms with Crippen molar-refractivity contribution in [2.24, 2.45) is 0 Å². The van der Waals surface area contributed by atoms with Crippen molar-refractivity contribution in [1.29, 1.82) is 0 Å². The Kier molecular flexibility index (Phi) is 3.24. The van der Waals surface area contributed by atoms with Crippen LogP contribution in [-0.4, -0.2) is 9.19 Å². The Labute approximate surface area is 118 Å². The van der Waals surface area contributed by atoms with Gasteiger partial charge in [-0.05, 0) is 48.7 Å². The normalized spacial score (nSPS) is 12.4. The molecule has 3 nitrogen and oxygen atoms in total. The minimum atomic E-state index is -1.23. The zero-order valence-electron chi connectivity index (χ0n) is 10.9. The third kappa shape index (κ3) is 2.30. The quantitative estimate of drug-likeness (QED) is 0.786. The summed E-state index contributed by atoms with van der Waals surface area (Å²) in [7, 11) is -1.23. The van der Waals surface area contributed by atoms with Crippen LogP contribution in [0.25, 0.3) is 10.8 Å². The summed E-state index contributed by atoms with van der Waals surface area (Å²) in [5, 5.41) is 1.41. The highest BCUT2D eigenvalue weighted by atomic mass is 32.2. The zero-order chi connectivity index (χ0) is 14.1. The molecule has 3 rings (SSSR count). The van der Waals surface area contributed by atoms with Gasteiger partial charge in [0.2, 0.25) is 0 Å². The largest absolute Gasteiger partial charge is 0.329 e. The molecule has 1 N–H and O–H groups in total. The van der Waals surface area contributed by atoms with Crippen LogP contribution >= 0.6 is 0 Å². The number of aryl methyl sites for hydroxylation is 1. The Bertz CT molecular complexity index is 850. The van der Waals surface area contributed by atoms with Gasteiger partial charge in [0.05, 0.1) is 10.8 Å². The highest BCUT2D eigenvalue weighted by molar-refractivity contribution is 7.85. The number of aromatic nitrogens is 1. The molecule has 0 saturated carbocycles. The predicted molar refractivity (Wildman–Crippen MR) is 80.4 cm³/mol. The van der Waals surface area contributed by atoms with Gasteiger partial charge in [0.15, 0.2) is 0 Å². The van der Waals surface area contributed by atoms with E-state index < -0.39 is 10.8 Å². The minimum Gasteiger partial charge on any atom is -0.329 e. The van der Waals surface area contributed by atoms with Gasteiger partial charge >= 0.3 is 0 Å². The molecule has 1 heterocycles. The molecule has 3 aromatic rings. The van der Waals surface area contributed by atoms with E-state index in [1.165, 1.54) is 0 Å². The number of hydrogen-bond donors (Lipinski definition) is 1. The van der Waals surface area contributed by atoms with E-state index in [0.717, 1.165) is 15.8 Å². The van der Waals surface area contributed by atoms with Crippen molar-refractivity contribution in [3.05, 3.63) is 70.6 Å². The number of pyridine rings is 1. The van der Waals surface area contributed by atoms with Crippen LogP contribution < -0.4 is 5.56 Å². The van der Waals surface area contributed by atoms with E-state index in [4.69, 9.17) is 0 Å². The molecular weight excluding hydrogens is 270 g/mol. The van der Waals surface area contributed by atoms with E-state index in [1.807, 2.05) is 37.3 Å². The van der Waals surface area contributed by atoms with E-state index >= 15 is 0 Å².